The third kappa shape index (κ3) is 3.91. The van der Waals surface area contributed by atoms with Crippen molar-refractivity contribution >= 4 is 11.7 Å². The van der Waals surface area contributed by atoms with Gasteiger partial charge in [-0.15, -0.1) is 0 Å². The maximum atomic E-state index is 12.6. The van der Waals surface area contributed by atoms with Gasteiger partial charge in [0.2, 0.25) is 0 Å². The molecule has 2 heterocycles. The molecule has 116 valence electrons. The van der Waals surface area contributed by atoms with Gasteiger partial charge in [0.25, 0.3) is 5.91 Å². The Bertz CT molecular complexity index is 494. The predicted molar refractivity (Wildman–Crippen MR) is 81.4 cm³/mol. The Morgan fingerprint density at radius 3 is 3.05 bits per heavy atom. The average Bonchev–Trinajstić information content (AvgIpc) is 2.52. The van der Waals surface area contributed by atoms with E-state index in [2.05, 4.69) is 22.2 Å². The standard InChI is InChI=1S/C15H24N4O2/c1-4-7-17-13-10-16-9-12(18-13)14(20)19-8-5-6-15(2,11-19)21-3/h9-10H,4-8,11H2,1-3H3,(H,17,18). The molecule has 2 rings (SSSR count). The van der Waals surface area contributed by atoms with Gasteiger partial charge in [0.1, 0.15) is 11.5 Å². The van der Waals surface area contributed by atoms with Gasteiger partial charge in [-0.25, -0.2) is 4.98 Å². The van der Waals surface area contributed by atoms with Crippen LogP contribution in [0.25, 0.3) is 0 Å². The summed E-state index contributed by atoms with van der Waals surface area (Å²) in [7, 11) is 1.70. The fourth-order valence-corrected chi connectivity index (χ4v) is 2.51. The van der Waals surface area contributed by atoms with Crippen molar-refractivity contribution in [3.8, 4) is 0 Å². The van der Waals surface area contributed by atoms with Crippen molar-refractivity contribution in [2.24, 2.45) is 0 Å². The van der Waals surface area contributed by atoms with E-state index in [-0.39, 0.29) is 11.5 Å². The van der Waals surface area contributed by atoms with Crippen LogP contribution in [0.1, 0.15) is 43.6 Å². The number of amides is 1. The molecule has 6 heteroatoms. The second kappa shape index (κ2) is 6.85. The highest BCUT2D eigenvalue weighted by Gasteiger charge is 2.33. The van der Waals surface area contributed by atoms with Crippen LogP contribution in [0.2, 0.25) is 0 Å². The number of methoxy groups -OCH3 is 1. The molecule has 1 fully saturated rings. The van der Waals surface area contributed by atoms with Gasteiger partial charge in [-0.2, -0.15) is 0 Å². The highest BCUT2D eigenvalue weighted by atomic mass is 16.5. The van der Waals surface area contributed by atoms with Crippen LogP contribution in [0, 0.1) is 0 Å². The molecule has 1 aliphatic rings. The molecule has 0 spiro atoms. The summed E-state index contributed by atoms with van der Waals surface area (Å²) in [5, 5.41) is 3.15. The molecule has 0 saturated carbocycles. The zero-order chi connectivity index (χ0) is 15.3. The number of hydrogen-bond donors (Lipinski definition) is 1. The third-order valence-electron chi connectivity index (χ3n) is 3.85. The summed E-state index contributed by atoms with van der Waals surface area (Å²) in [5.41, 5.74) is 0.121. The third-order valence-corrected chi connectivity index (χ3v) is 3.85. The summed E-state index contributed by atoms with van der Waals surface area (Å²) >= 11 is 0. The van der Waals surface area contributed by atoms with Gasteiger partial charge in [-0.3, -0.25) is 9.78 Å². The molecule has 1 aromatic rings. The Morgan fingerprint density at radius 2 is 2.33 bits per heavy atom. The minimum absolute atomic E-state index is 0.0781. The number of nitrogens with zero attached hydrogens (tertiary/aromatic N) is 3. The van der Waals surface area contributed by atoms with Gasteiger partial charge in [-0.05, 0) is 26.2 Å². The Labute approximate surface area is 125 Å². The van der Waals surface area contributed by atoms with E-state index >= 15 is 0 Å². The molecule has 1 N–H and O–H groups in total. The summed E-state index contributed by atoms with van der Waals surface area (Å²) < 4.78 is 5.53. The van der Waals surface area contributed by atoms with Crippen molar-refractivity contribution < 1.29 is 9.53 Å². The smallest absolute Gasteiger partial charge is 0.274 e. The molecule has 21 heavy (non-hydrogen) atoms. The fraction of sp³-hybridized carbons (Fsp3) is 0.667. The number of carbonyl (C=O) groups is 1. The monoisotopic (exact) mass is 292 g/mol. The lowest BCUT2D eigenvalue weighted by Gasteiger charge is -2.39. The van der Waals surface area contributed by atoms with E-state index < -0.39 is 0 Å². The quantitative estimate of drug-likeness (QED) is 0.898. The minimum atomic E-state index is -0.264. The Kier molecular flexibility index (Phi) is 5.12. The van der Waals surface area contributed by atoms with E-state index in [9.17, 15) is 4.79 Å². The molecule has 0 aliphatic carbocycles. The number of carbonyl (C=O) groups excluding carboxylic acids is 1. The van der Waals surface area contributed by atoms with E-state index in [1.54, 1.807) is 18.2 Å². The van der Waals surface area contributed by atoms with Crippen LogP contribution in [0.5, 0.6) is 0 Å². The average molecular weight is 292 g/mol. The molecule has 0 radical (unpaired) electrons. The predicted octanol–water partition coefficient (Wildman–Crippen LogP) is 1.94. The van der Waals surface area contributed by atoms with Gasteiger partial charge in [0, 0.05) is 26.7 Å². The van der Waals surface area contributed by atoms with Crippen molar-refractivity contribution in [3.05, 3.63) is 18.1 Å². The van der Waals surface area contributed by atoms with Gasteiger partial charge >= 0.3 is 0 Å². The first-order valence-electron chi connectivity index (χ1n) is 7.48. The van der Waals surface area contributed by atoms with Gasteiger partial charge < -0.3 is 15.0 Å². The van der Waals surface area contributed by atoms with E-state index in [0.29, 0.717) is 18.1 Å². The molecular weight excluding hydrogens is 268 g/mol. The van der Waals surface area contributed by atoms with Crippen LogP contribution in [0.4, 0.5) is 5.82 Å². The van der Waals surface area contributed by atoms with Crippen LogP contribution in [0.3, 0.4) is 0 Å². The maximum Gasteiger partial charge on any atom is 0.274 e. The Balaban J connectivity index is 2.08. The molecule has 1 atom stereocenters. The van der Waals surface area contributed by atoms with Gasteiger partial charge in [-0.1, -0.05) is 6.92 Å². The van der Waals surface area contributed by atoms with Gasteiger partial charge in [0.05, 0.1) is 18.0 Å². The zero-order valence-electron chi connectivity index (χ0n) is 13.1. The number of nitrogens with one attached hydrogen (secondary N) is 1. The van der Waals surface area contributed by atoms with Crippen molar-refractivity contribution in [2.75, 3.05) is 32.1 Å². The highest BCUT2D eigenvalue weighted by Crippen LogP contribution is 2.24. The first kappa shape index (κ1) is 15.7. The highest BCUT2D eigenvalue weighted by molar-refractivity contribution is 5.92. The first-order chi connectivity index (χ1) is 10.1. The van der Waals surface area contributed by atoms with Crippen molar-refractivity contribution in [1.82, 2.24) is 14.9 Å². The van der Waals surface area contributed by atoms with Crippen molar-refractivity contribution in [3.63, 3.8) is 0 Å². The van der Waals surface area contributed by atoms with Gasteiger partial charge in [0.15, 0.2) is 0 Å². The number of aromatic nitrogens is 2. The molecule has 1 amide bonds. The number of hydrogen-bond acceptors (Lipinski definition) is 5. The molecule has 1 unspecified atom stereocenters. The zero-order valence-corrected chi connectivity index (χ0v) is 13.1. The van der Waals surface area contributed by atoms with Crippen LogP contribution >= 0.6 is 0 Å². The van der Waals surface area contributed by atoms with Crippen LogP contribution in [-0.4, -0.2) is 53.1 Å². The number of likely N-dealkylation sites (tertiary alicyclic amines) is 1. The van der Waals surface area contributed by atoms with Crippen molar-refractivity contribution in [1.29, 1.82) is 0 Å². The summed E-state index contributed by atoms with van der Waals surface area (Å²) in [5.74, 6) is 0.569. The van der Waals surface area contributed by atoms with E-state index in [1.807, 2.05) is 6.92 Å². The number of ether oxygens (including phenoxy) is 1. The minimum Gasteiger partial charge on any atom is -0.377 e. The summed E-state index contributed by atoms with van der Waals surface area (Å²) in [4.78, 5) is 22.8. The molecule has 0 aromatic carbocycles. The lowest BCUT2D eigenvalue weighted by molar-refractivity contribution is -0.0441. The van der Waals surface area contributed by atoms with Crippen molar-refractivity contribution in [2.45, 2.75) is 38.7 Å². The number of piperidine rings is 1. The largest absolute Gasteiger partial charge is 0.377 e. The second-order valence-electron chi connectivity index (χ2n) is 5.70. The number of rotatable bonds is 5. The maximum absolute atomic E-state index is 12.6. The summed E-state index contributed by atoms with van der Waals surface area (Å²) in [6.45, 7) is 6.27. The molecular formula is C15H24N4O2. The lowest BCUT2D eigenvalue weighted by Crippen LogP contribution is -2.49. The fourth-order valence-electron chi connectivity index (χ4n) is 2.51. The second-order valence-corrected chi connectivity index (χ2v) is 5.70. The molecule has 1 aromatic heterocycles. The van der Waals surface area contributed by atoms with Crippen LogP contribution in [-0.2, 0) is 4.74 Å². The van der Waals surface area contributed by atoms with E-state index in [0.717, 1.165) is 32.4 Å². The van der Waals surface area contributed by atoms with Crippen LogP contribution < -0.4 is 5.32 Å². The molecule has 0 bridgehead atoms. The first-order valence-corrected chi connectivity index (χ1v) is 7.48. The van der Waals surface area contributed by atoms with Crippen LogP contribution in [0.15, 0.2) is 12.4 Å². The SMILES string of the molecule is CCCNc1cncc(C(=O)N2CCCC(C)(OC)C2)n1. The Hall–Kier alpha value is -1.69. The normalized spacial score (nSPS) is 22.1. The van der Waals surface area contributed by atoms with E-state index in [1.165, 1.54) is 6.20 Å². The molecule has 1 aliphatic heterocycles. The number of anilines is 1. The molecule has 1 saturated heterocycles. The van der Waals surface area contributed by atoms with E-state index in [4.69, 9.17) is 4.74 Å². The Morgan fingerprint density at radius 1 is 1.52 bits per heavy atom. The topological polar surface area (TPSA) is 67.4 Å². The lowest BCUT2D eigenvalue weighted by atomic mass is 9.94. The summed E-state index contributed by atoms with van der Waals surface area (Å²) in [6, 6.07) is 0. The summed E-state index contributed by atoms with van der Waals surface area (Å²) in [6.07, 6.45) is 6.08. The molecule has 6 nitrogen and oxygen atoms in total.